The van der Waals surface area contributed by atoms with Crippen LogP contribution in [0.15, 0.2) is 21.5 Å². The van der Waals surface area contributed by atoms with Crippen molar-refractivity contribution in [3.8, 4) is 11.5 Å². The third-order valence-corrected chi connectivity index (χ3v) is 3.97. The summed E-state index contributed by atoms with van der Waals surface area (Å²) in [5, 5.41) is 18.5. The van der Waals surface area contributed by atoms with E-state index in [2.05, 4.69) is 21.2 Å². The van der Waals surface area contributed by atoms with Crippen molar-refractivity contribution in [1.29, 1.82) is 5.41 Å². The number of methoxy groups -OCH3 is 1. The van der Waals surface area contributed by atoms with E-state index in [9.17, 15) is 9.59 Å². The van der Waals surface area contributed by atoms with Crippen molar-refractivity contribution in [2.45, 2.75) is 0 Å². The maximum absolute atomic E-state index is 11.6. The van der Waals surface area contributed by atoms with Crippen molar-refractivity contribution >= 4 is 50.8 Å². The Kier molecular flexibility index (Phi) is 5.09. The van der Waals surface area contributed by atoms with Gasteiger partial charge in [-0.05, 0) is 51.5 Å². The number of amides is 1. The van der Waals surface area contributed by atoms with Crippen LogP contribution in [0.4, 0.5) is 0 Å². The Hall–Kier alpha value is -2.00. The number of benzene rings is 1. The van der Waals surface area contributed by atoms with Crippen molar-refractivity contribution in [1.82, 2.24) is 5.32 Å². The number of carbonyl (C=O) groups excluding carboxylic acids is 1. The van der Waals surface area contributed by atoms with E-state index in [4.69, 9.17) is 20.0 Å². The Morgan fingerprint density at radius 3 is 2.82 bits per heavy atom. The zero-order valence-corrected chi connectivity index (χ0v) is 13.7. The van der Waals surface area contributed by atoms with Crippen LogP contribution in [-0.4, -0.2) is 35.9 Å². The van der Waals surface area contributed by atoms with Gasteiger partial charge < -0.3 is 19.9 Å². The number of nitrogens with one attached hydrogen (secondary N) is 2. The predicted molar refractivity (Wildman–Crippen MR) is 85.3 cm³/mol. The molecule has 2 rings (SSSR count). The van der Waals surface area contributed by atoms with E-state index >= 15 is 0 Å². The fraction of sp³-hybridized carbons (Fsp3) is 0.154. The van der Waals surface area contributed by atoms with E-state index in [1.807, 2.05) is 0 Å². The van der Waals surface area contributed by atoms with Gasteiger partial charge >= 0.3 is 5.97 Å². The molecule has 22 heavy (non-hydrogen) atoms. The molecule has 3 N–H and O–H groups in total. The van der Waals surface area contributed by atoms with E-state index in [0.29, 0.717) is 20.7 Å². The van der Waals surface area contributed by atoms with Crippen molar-refractivity contribution in [2.24, 2.45) is 0 Å². The third-order valence-electron chi connectivity index (χ3n) is 2.55. The number of carbonyl (C=O) groups is 2. The Labute approximate surface area is 138 Å². The number of hydrogen-bond acceptors (Lipinski definition) is 6. The Balaban J connectivity index is 2.33. The first-order valence-electron chi connectivity index (χ1n) is 5.92. The summed E-state index contributed by atoms with van der Waals surface area (Å²) in [5.74, 6) is -0.835. The molecule has 1 aromatic carbocycles. The molecule has 1 aliphatic heterocycles. The number of hydrogen-bond donors (Lipinski definition) is 3. The van der Waals surface area contributed by atoms with Gasteiger partial charge in [0.2, 0.25) is 0 Å². The highest BCUT2D eigenvalue weighted by atomic mass is 79.9. The highest BCUT2D eigenvalue weighted by Crippen LogP contribution is 2.38. The van der Waals surface area contributed by atoms with Gasteiger partial charge in [-0.25, -0.2) is 4.79 Å². The number of ether oxygens (including phenoxy) is 2. The molecular weight excluding hydrogens is 376 g/mol. The van der Waals surface area contributed by atoms with E-state index in [1.54, 1.807) is 18.2 Å². The zero-order chi connectivity index (χ0) is 16.3. The lowest BCUT2D eigenvalue weighted by Gasteiger charge is -2.12. The molecule has 0 aromatic heterocycles. The number of amidine groups is 1. The van der Waals surface area contributed by atoms with Gasteiger partial charge in [-0.3, -0.25) is 10.2 Å². The first-order valence-corrected chi connectivity index (χ1v) is 7.53. The van der Waals surface area contributed by atoms with Crippen LogP contribution < -0.4 is 14.8 Å². The maximum atomic E-state index is 11.6. The second-order valence-electron chi connectivity index (χ2n) is 4.11. The zero-order valence-electron chi connectivity index (χ0n) is 11.3. The summed E-state index contributed by atoms with van der Waals surface area (Å²) in [7, 11) is 1.43. The summed E-state index contributed by atoms with van der Waals surface area (Å²) in [6.45, 7) is -0.495. The minimum Gasteiger partial charge on any atom is -0.493 e. The van der Waals surface area contributed by atoms with Gasteiger partial charge in [0.1, 0.15) is 0 Å². The van der Waals surface area contributed by atoms with E-state index < -0.39 is 12.6 Å². The normalized spacial score (nSPS) is 15.8. The molecule has 1 amide bonds. The number of thioether (sulfide) groups is 1. The van der Waals surface area contributed by atoms with Gasteiger partial charge in [0.05, 0.1) is 16.5 Å². The molecule has 0 atom stereocenters. The molecule has 0 spiro atoms. The molecule has 9 heteroatoms. The number of carboxylic acid groups (broad SMARTS) is 1. The van der Waals surface area contributed by atoms with Gasteiger partial charge in [-0.15, -0.1) is 0 Å². The van der Waals surface area contributed by atoms with Crippen molar-refractivity contribution < 1.29 is 24.2 Å². The van der Waals surface area contributed by atoms with Gasteiger partial charge in [0.15, 0.2) is 23.3 Å². The van der Waals surface area contributed by atoms with Crippen LogP contribution in [0.25, 0.3) is 6.08 Å². The largest absolute Gasteiger partial charge is 0.493 e. The number of aliphatic carboxylic acids is 1. The van der Waals surface area contributed by atoms with Gasteiger partial charge in [-0.1, -0.05) is 0 Å². The first-order chi connectivity index (χ1) is 10.4. The molecule has 1 fully saturated rings. The summed E-state index contributed by atoms with van der Waals surface area (Å²) in [6.07, 6.45) is 1.61. The van der Waals surface area contributed by atoms with Crippen LogP contribution in [0, 0.1) is 5.41 Å². The molecule has 7 nitrogen and oxygen atoms in total. The van der Waals surface area contributed by atoms with E-state index in [1.165, 1.54) is 7.11 Å². The van der Waals surface area contributed by atoms with Gasteiger partial charge in [-0.2, -0.15) is 0 Å². The topological polar surface area (TPSA) is 109 Å². The highest BCUT2D eigenvalue weighted by molar-refractivity contribution is 9.10. The molecule has 1 heterocycles. The fourth-order valence-electron chi connectivity index (χ4n) is 1.69. The molecule has 116 valence electrons. The quantitative estimate of drug-likeness (QED) is 0.668. The first kappa shape index (κ1) is 16.4. The molecular formula is C13H11BrN2O5S. The van der Waals surface area contributed by atoms with Crippen LogP contribution in [0.2, 0.25) is 0 Å². The summed E-state index contributed by atoms with van der Waals surface area (Å²) in [4.78, 5) is 22.6. The van der Waals surface area contributed by atoms with Crippen LogP contribution in [0.3, 0.4) is 0 Å². The van der Waals surface area contributed by atoms with Gasteiger partial charge in [0, 0.05) is 0 Å². The van der Waals surface area contributed by atoms with Crippen LogP contribution >= 0.6 is 27.7 Å². The summed E-state index contributed by atoms with van der Waals surface area (Å²) in [5.41, 5.74) is 0.652. The molecule has 0 radical (unpaired) electrons. The second kappa shape index (κ2) is 6.84. The fourth-order valence-corrected chi connectivity index (χ4v) is 2.97. The minimum atomic E-state index is -1.10. The lowest BCUT2D eigenvalue weighted by molar-refractivity contribution is -0.139. The van der Waals surface area contributed by atoms with E-state index in [0.717, 1.165) is 11.8 Å². The Bertz CT molecular complexity index is 689. The van der Waals surface area contributed by atoms with Crippen LogP contribution in [0.1, 0.15) is 5.56 Å². The minimum absolute atomic E-state index is 0.0729. The van der Waals surface area contributed by atoms with Crippen molar-refractivity contribution in [3.05, 3.63) is 27.1 Å². The SMILES string of the molecule is COc1cc(C=C2SC(=N)NC2=O)cc(Br)c1OCC(=O)O. The molecule has 1 saturated heterocycles. The van der Waals surface area contributed by atoms with Gasteiger partial charge in [0.25, 0.3) is 5.91 Å². The van der Waals surface area contributed by atoms with Crippen LogP contribution in [-0.2, 0) is 9.59 Å². The lowest BCUT2D eigenvalue weighted by atomic mass is 10.2. The molecule has 1 aromatic rings. The lowest BCUT2D eigenvalue weighted by Crippen LogP contribution is -2.18. The monoisotopic (exact) mass is 386 g/mol. The Morgan fingerprint density at radius 2 is 2.27 bits per heavy atom. The number of carboxylic acids is 1. The number of halogens is 1. The molecule has 0 unspecified atom stereocenters. The molecule has 0 aliphatic carbocycles. The average Bonchev–Trinajstić information content (AvgIpc) is 2.74. The third kappa shape index (κ3) is 3.80. The average molecular weight is 387 g/mol. The van der Waals surface area contributed by atoms with Crippen molar-refractivity contribution in [3.63, 3.8) is 0 Å². The summed E-state index contributed by atoms with van der Waals surface area (Å²) in [6, 6.07) is 3.28. The van der Waals surface area contributed by atoms with E-state index in [-0.39, 0.29) is 16.8 Å². The standard InChI is InChI=1S/C13H11BrN2O5S/c1-20-8-3-6(4-9-12(19)16-13(15)22-9)2-7(14)11(8)21-5-10(17)18/h2-4H,5H2,1H3,(H,17,18)(H2,15,16,19). The second-order valence-corrected chi connectivity index (χ2v) is 6.02. The smallest absolute Gasteiger partial charge is 0.341 e. The number of rotatable bonds is 5. The summed E-state index contributed by atoms with van der Waals surface area (Å²) >= 11 is 4.31. The molecule has 0 bridgehead atoms. The van der Waals surface area contributed by atoms with Crippen molar-refractivity contribution in [2.75, 3.05) is 13.7 Å². The maximum Gasteiger partial charge on any atom is 0.341 e. The predicted octanol–water partition coefficient (Wildman–Crippen LogP) is 2.06. The molecule has 1 aliphatic rings. The Morgan fingerprint density at radius 1 is 1.55 bits per heavy atom. The van der Waals surface area contributed by atoms with Crippen LogP contribution in [0.5, 0.6) is 11.5 Å². The summed E-state index contributed by atoms with van der Waals surface area (Å²) < 4.78 is 10.9. The molecule has 0 saturated carbocycles. The highest BCUT2D eigenvalue weighted by Gasteiger charge is 2.22.